The number of thiazole rings is 1. The molecule has 0 bridgehead atoms. The number of hydrogen-bond donors (Lipinski definition) is 1. The molecule has 174 valence electrons. The Bertz CT molecular complexity index is 1310. The van der Waals surface area contributed by atoms with E-state index in [-0.39, 0.29) is 17.2 Å². The second-order valence-electron chi connectivity index (χ2n) is 8.11. The summed E-state index contributed by atoms with van der Waals surface area (Å²) in [6, 6.07) is 8.82. The molecule has 8 nitrogen and oxygen atoms in total. The summed E-state index contributed by atoms with van der Waals surface area (Å²) < 4.78 is 5.27. The van der Waals surface area contributed by atoms with Crippen molar-refractivity contribution in [1.29, 1.82) is 0 Å². The largest absolute Gasteiger partial charge is 0.503 e. The van der Waals surface area contributed by atoms with E-state index in [4.69, 9.17) is 4.74 Å². The molecular formula is C25H23N3O5S. The van der Waals surface area contributed by atoms with Gasteiger partial charge in [0.2, 0.25) is 5.78 Å². The lowest BCUT2D eigenvalue weighted by atomic mass is 9.96. The first kappa shape index (κ1) is 23.3. The Kier molecular flexibility index (Phi) is 6.30. The van der Waals surface area contributed by atoms with Gasteiger partial charge in [0.05, 0.1) is 38.9 Å². The molecule has 0 aliphatic carbocycles. The van der Waals surface area contributed by atoms with Crippen molar-refractivity contribution in [2.75, 3.05) is 4.90 Å². The molecule has 0 saturated carbocycles. The van der Waals surface area contributed by atoms with Gasteiger partial charge in [-0.2, -0.15) is 0 Å². The number of aryl methyl sites for hydroxylation is 2. The maximum Gasteiger partial charge on any atom is 0.338 e. The van der Waals surface area contributed by atoms with E-state index >= 15 is 0 Å². The highest BCUT2D eigenvalue weighted by atomic mass is 32.1. The Balaban J connectivity index is 1.83. The number of amides is 1. The van der Waals surface area contributed by atoms with Gasteiger partial charge in [-0.25, -0.2) is 9.78 Å². The summed E-state index contributed by atoms with van der Waals surface area (Å²) in [6.45, 7) is 6.99. The minimum absolute atomic E-state index is 0.0556. The molecule has 0 fully saturated rings. The lowest BCUT2D eigenvalue weighted by Crippen LogP contribution is -2.31. The van der Waals surface area contributed by atoms with E-state index in [0.717, 1.165) is 0 Å². The van der Waals surface area contributed by atoms with Crippen LogP contribution < -0.4 is 4.90 Å². The molecule has 34 heavy (non-hydrogen) atoms. The summed E-state index contributed by atoms with van der Waals surface area (Å²) in [5.74, 6) is -2.39. The van der Waals surface area contributed by atoms with Gasteiger partial charge in [-0.05, 0) is 57.5 Å². The number of benzene rings is 1. The number of esters is 1. The minimum atomic E-state index is -0.938. The number of ether oxygens (including phenoxy) is 1. The number of ketones is 1. The fourth-order valence-corrected chi connectivity index (χ4v) is 4.76. The van der Waals surface area contributed by atoms with E-state index in [2.05, 4.69) is 9.97 Å². The zero-order valence-electron chi connectivity index (χ0n) is 19.1. The van der Waals surface area contributed by atoms with E-state index in [1.54, 1.807) is 70.4 Å². The van der Waals surface area contributed by atoms with Gasteiger partial charge in [0, 0.05) is 18.1 Å². The molecule has 4 rings (SSSR count). The number of nitrogens with zero attached hydrogens (tertiary/aromatic N) is 3. The van der Waals surface area contributed by atoms with Gasteiger partial charge in [-0.1, -0.05) is 12.1 Å². The number of aliphatic hydroxyl groups excluding tert-OH is 1. The molecule has 1 N–H and O–H groups in total. The number of carbonyl (C=O) groups is 3. The Morgan fingerprint density at radius 3 is 2.56 bits per heavy atom. The van der Waals surface area contributed by atoms with Crippen molar-refractivity contribution in [2.45, 2.75) is 39.8 Å². The van der Waals surface area contributed by atoms with Gasteiger partial charge < -0.3 is 9.84 Å². The Labute approximate surface area is 200 Å². The molecule has 3 heterocycles. The van der Waals surface area contributed by atoms with Crippen molar-refractivity contribution >= 4 is 34.7 Å². The van der Waals surface area contributed by atoms with Crippen molar-refractivity contribution in [3.05, 3.63) is 86.8 Å². The van der Waals surface area contributed by atoms with Crippen LogP contribution in [0.15, 0.2) is 60.1 Å². The highest BCUT2D eigenvalue weighted by Gasteiger charge is 2.45. The summed E-state index contributed by atoms with van der Waals surface area (Å²) >= 11 is 1.21. The average molecular weight is 478 g/mol. The second-order valence-corrected chi connectivity index (χ2v) is 9.31. The van der Waals surface area contributed by atoms with Crippen LogP contribution in [0.5, 0.6) is 0 Å². The highest BCUT2D eigenvalue weighted by Crippen LogP contribution is 2.42. The zero-order valence-corrected chi connectivity index (χ0v) is 19.9. The molecule has 1 aliphatic rings. The van der Waals surface area contributed by atoms with Crippen LogP contribution in [0, 0.1) is 13.8 Å². The van der Waals surface area contributed by atoms with Crippen LogP contribution in [0.25, 0.3) is 0 Å². The van der Waals surface area contributed by atoms with Gasteiger partial charge in [0.1, 0.15) is 0 Å². The first-order valence-electron chi connectivity index (χ1n) is 10.7. The Hall–Kier alpha value is -3.85. The van der Waals surface area contributed by atoms with Crippen molar-refractivity contribution in [1.82, 2.24) is 9.97 Å². The molecule has 1 unspecified atom stereocenters. The molecule has 0 radical (unpaired) electrons. The minimum Gasteiger partial charge on any atom is -0.503 e. The molecule has 3 aromatic rings. The SMILES string of the molecule is Cc1nc(C)c(C(=O)C2=C(O)C(=O)N(c3cccc(C(=O)OC(C)C)c3)C2c2cccnc2)s1. The number of hydrogen-bond acceptors (Lipinski definition) is 8. The van der Waals surface area contributed by atoms with E-state index in [0.29, 0.717) is 26.8 Å². The molecule has 1 amide bonds. The number of aliphatic hydroxyl groups is 1. The van der Waals surface area contributed by atoms with Crippen LogP contribution in [0.1, 0.15) is 56.2 Å². The lowest BCUT2D eigenvalue weighted by Gasteiger charge is -2.27. The number of rotatable bonds is 6. The van der Waals surface area contributed by atoms with Gasteiger partial charge in [0.15, 0.2) is 5.76 Å². The Morgan fingerprint density at radius 2 is 1.94 bits per heavy atom. The molecule has 1 aliphatic heterocycles. The fraction of sp³-hybridized carbons (Fsp3) is 0.240. The average Bonchev–Trinajstić information content (AvgIpc) is 3.28. The highest BCUT2D eigenvalue weighted by molar-refractivity contribution is 7.14. The van der Waals surface area contributed by atoms with Gasteiger partial charge in [-0.3, -0.25) is 19.5 Å². The molecule has 1 aromatic carbocycles. The predicted molar refractivity (Wildman–Crippen MR) is 127 cm³/mol. The van der Waals surface area contributed by atoms with Crippen molar-refractivity contribution in [2.24, 2.45) is 0 Å². The molecule has 0 saturated heterocycles. The normalized spacial score (nSPS) is 15.9. The van der Waals surface area contributed by atoms with Crippen LogP contribution in [-0.4, -0.2) is 38.8 Å². The van der Waals surface area contributed by atoms with Crippen molar-refractivity contribution in [3.63, 3.8) is 0 Å². The van der Waals surface area contributed by atoms with Crippen LogP contribution >= 0.6 is 11.3 Å². The van der Waals surface area contributed by atoms with Crippen LogP contribution in [0.3, 0.4) is 0 Å². The summed E-state index contributed by atoms with van der Waals surface area (Å²) in [4.78, 5) is 49.4. The zero-order chi connectivity index (χ0) is 24.6. The number of Topliss-reactive ketones (excluding diaryl/α,β-unsaturated/α-hetero) is 1. The second kappa shape index (κ2) is 9.18. The number of carbonyl (C=O) groups excluding carboxylic acids is 3. The fourth-order valence-electron chi connectivity index (χ4n) is 3.89. The molecule has 1 atom stereocenters. The van der Waals surface area contributed by atoms with E-state index in [9.17, 15) is 19.5 Å². The summed E-state index contributed by atoms with van der Waals surface area (Å²) in [5, 5.41) is 11.6. The predicted octanol–water partition coefficient (Wildman–Crippen LogP) is 4.50. The maximum absolute atomic E-state index is 13.6. The quantitative estimate of drug-likeness (QED) is 0.411. The topological polar surface area (TPSA) is 110 Å². The number of anilines is 1. The van der Waals surface area contributed by atoms with Gasteiger partial charge in [-0.15, -0.1) is 11.3 Å². The van der Waals surface area contributed by atoms with Gasteiger partial charge in [0.25, 0.3) is 5.91 Å². The standard InChI is InChI=1S/C25H23N3O5S/c1-13(2)33-25(32)16-7-5-9-18(11-16)28-20(17-8-6-10-26-12-17)19(22(30)24(28)31)21(29)23-14(3)27-15(4)34-23/h5-13,20,30H,1-4H3. The molecule has 2 aromatic heterocycles. The summed E-state index contributed by atoms with van der Waals surface area (Å²) in [7, 11) is 0. The first-order chi connectivity index (χ1) is 16.2. The molecular weight excluding hydrogens is 454 g/mol. The molecule has 0 spiro atoms. The van der Waals surface area contributed by atoms with Crippen LogP contribution in [-0.2, 0) is 9.53 Å². The molecule has 9 heteroatoms. The third kappa shape index (κ3) is 4.22. The lowest BCUT2D eigenvalue weighted by molar-refractivity contribution is -0.117. The van der Waals surface area contributed by atoms with Crippen molar-refractivity contribution in [3.8, 4) is 0 Å². The van der Waals surface area contributed by atoms with Crippen LogP contribution in [0.2, 0.25) is 0 Å². The summed E-state index contributed by atoms with van der Waals surface area (Å²) in [5.41, 5.74) is 1.60. The van der Waals surface area contributed by atoms with E-state index in [1.165, 1.54) is 22.3 Å². The monoisotopic (exact) mass is 477 g/mol. The van der Waals surface area contributed by atoms with E-state index < -0.39 is 29.5 Å². The summed E-state index contributed by atoms with van der Waals surface area (Å²) in [6.07, 6.45) is 2.81. The van der Waals surface area contributed by atoms with Crippen molar-refractivity contribution < 1.29 is 24.2 Å². The van der Waals surface area contributed by atoms with Gasteiger partial charge >= 0.3 is 5.97 Å². The van der Waals surface area contributed by atoms with Crippen LogP contribution in [0.4, 0.5) is 5.69 Å². The first-order valence-corrected chi connectivity index (χ1v) is 11.5. The maximum atomic E-state index is 13.6. The third-order valence-electron chi connectivity index (χ3n) is 5.27. The smallest absolute Gasteiger partial charge is 0.338 e. The number of pyridine rings is 1. The number of aromatic nitrogens is 2. The Morgan fingerprint density at radius 1 is 1.18 bits per heavy atom. The van der Waals surface area contributed by atoms with E-state index in [1.807, 2.05) is 0 Å². The third-order valence-corrected chi connectivity index (χ3v) is 6.34.